The summed E-state index contributed by atoms with van der Waals surface area (Å²) in [5, 5.41) is 7.62. The number of ketones is 1. The van der Waals surface area contributed by atoms with Gasteiger partial charge in [-0.1, -0.05) is 35.9 Å². The highest BCUT2D eigenvalue weighted by Crippen LogP contribution is 2.54. The molecule has 8 nitrogen and oxygen atoms in total. The lowest BCUT2D eigenvalue weighted by molar-refractivity contribution is -0.130. The SMILES string of the molecule is CC(=O)c1ccc(N2C(=O)[C@H]3[C@@H](C2=O)[C@@]2(N[C@@H]3Cc3c[nH]c4ccccc34)C(=O)Nc3c(C)cc(C)cc32)cc1. The van der Waals surface area contributed by atoms with Crippen LogP contribution in [0.4, 0.5) is 11.4 Å². The number of carbonyl (C=O) groups excluding carboxylic acids is 4. The van der Waals surface area contributed by atoms with Crippen LogP contribution in [0.5, 0.6) is 0 Å². The number of aromatic nitrogens is 1. The number of H-pyrrole nitrogens is 1. The normalized spacial score (nSPS) is 25.1. The van der Waals surface area contributed by atoms with Gasteiger partial charge in [-0.15, -0.1) is 0 Å². The van der Waals surface area contributed by atoms with Gasteiger partial charge in [0.05, 0.1) is 17.5 Å². The van der Waals surface area contributed by atoms with E-state index in [0.29, 0.717) is 28.9 Å². The van der Waals surface area contributed by atoms with Gasteiger partial charge in [-0.3, -0.25) is 24.5 Å². The standard InChI is InChI=1S/C32H28N4O4/c1-16-12-17(2)28-23(13-16)32(31(40)34-28)27-26(25(35-32)14-20-15-33-24-7-5-4-6-22(20)24)29(38)36(30(27)39)21-10-8-19(9-11-21)18(3)37/h4-13,15,25-27,33,35H,14H2,1-3H3,(H,34,40)/t25-,26-,27+,32-/m1/s1. The van der Waals surface area contributed by atoms with E-state index < -0.39 is 29.3 Å². The Morgan fingerprint density at radius 1 is 0.975 bits per heavy atom. The summed E-state index contributed by atoms with van der Waals surface area (Å²) in [6.07, 6.45) is 2.39. The van der Waals surface area contributed by atoms with Gasteiger partial charge in [0.25, 0.3) is 0 Å². The third kappa shape index (κ3) is 3.23. The predicted molar refractivity (Wildman–Crippen MR) is 151 cm³/mol. The third-order valence-electron chi connectivity index (χ3n) is 8.81. The van der Waals surface area contributed by atoms with Gasteiger partial charge in [0, 0.05) is 40.0 Å². The van der Waals surface area contributed by atoms with E-state index in [1.165, 1.54) is 11.8 Å². The fourth-order valence-corrected chi connectivity index (χ4v) is 7.07. The van der Waals surface area contributed by atoms with Gasteiger partial charge in [0.15, 0.2) is 5.78 Å². The molecule has 3 N–H and O–H groups in total. The second-order valence-electron chi connectivity index (χ2n) is 11.2. The van der Waals surface area contributed by atoms with E-state index in [1.54, 1.807) is 24.3 Å². The van der Waals surface area contributed by atoms with Crippen LogP contribution in [0.15, 0.2) is 66.9 Å². The molecule has 200 valence electrons. The average molecular weight is 533 g/mol. The van der Waals surface area contributed by atoms with Gasteiger partial charge in [0.1, 0.15) is 5.54 Å². The second kappa shape index (κ2) is 8.47. The van der Waals surface area contributed by atoms with Crippen molar-refractivity contribution in [1.29, 1.82) is 0 Å². The maximum atomic E-state index is 14.3. The van der Waals surface area contributed by atoms with Crippen LogP contribution < -0.4 is 15.5 Å². The van der Waals surface area contributed by atoms with Gasteiger partial charge in [-0.05, 0) is 68.7 Å². The minimum atomic E-state index is -1.38. The van der Waals surface area contributed by atoms with Gasteiger partial charge < -0.3 is 10.3 Å². The van der Waals surface area contributed by atoms with Crippen LogP contribution in [-0.2, 0) is 26.3 Å². The maximum absolute atomic E-state index is 14.3. The Balaban J connectivity index is 1.38. The topological polar surface area (TPSA) is 111 Å². The van der Waals surface area contributed by atoms with E-state index in [2.05, 4.69) is 15.6 Å². The summed E-state index contributed by atoms with van der Waals surface area (Å²) in [4.78, 5) is 58.7. The molecule has 3 aliphatic rings. The summed E-state index contributed by atoms with van der Waals surface area (Å²) < 4.78 is 0. The van der Waals surface area contributed by atoms with Crippen LogP contribution >= 0.6 is 0 Å². The van der Waals surface area contributed by atoms with Gasteiger partial charge >= 0.3 is 0 Å². The molecule has 8 heteroatoms. The molecule has 1 spiro atoms. The van der Waals surface area contributed by atoms with Crippen LogP contribution in [0.25, 0.3) is 10.9 Å². The lowest BCUT2D eigenvalue weighted by Gasteiger charge is -2.30. The van der Waals surface area contributed by atoms with E-state index in [4.69, 9.17) is 0 Å². The molecule has 0 bridgehead atoms. The van der Waals surface area contributed by atoms with Crippen molar-refractivity contribution in [3.05, 3.63) is 94.7 Å². The predicted octanol–water partition coefficient (Wildman–Crippen LogP) is 4.16. The van der Waals surface area contributed by atoms with Crippen LogP contribution in [-0.4, -0.2) is 34.5 Å². The molecule has 2 fully saturated rings. The highest BCUT2D eigenvalue weighted by Gasteiger charge is 2.70. The molecule has 0 unspecified atom stereocenters. The number of nitrogens with one attached hydrogen (secondary N) is 3. The Hall–Kier alpha value is -4.56. The summed E-state index contributed by atoms with van der Waals surface area (Å²) in [5.74, 6) is -2.86. The van der Waals surface area contributed by atoms with E-state index in [9.17, 15) is 19.2 Å². The van der Waals surface area contributed by atoms with Crippen molar-refractivity contribution in [1.82, 2.24) is 10.3 Å². The number of para-hydroxylation sites is 1. The summed E-state index contributed by atoms with van der Waals surface area (Å²) >= 11 is 0. The number of nitrogens with zero attached hydrogens (tertiary/aromatic N) is 1. The maximum Gasteiger partial charge on any atom is 0.250 e. The van der Waals surface area contributed by atoms with Gasteiger partial charge in [-0.2, -0.15) is 0 Å². The van der Waals surface area contributed by atoms with Gasteiger partial charge in [0.2, 0.25) is 17.7 Å². The van der Waals surface area contributed by atoms with Crippen molar-refractivity contribution in [2.45, 2.75) is 38.8 Å². The lowest BCUT2D eigenvalue weighted by Crippen LogP contribution is -2.53. The highest BCUT2D eigenvalue weighted by molar-refractivity contribution is 6.26. The number of fused-ring (bicyclic) bond motifs is 5. The number of benzene rings is 3. The third-order valence-corrected chi connectivity index (χ3v) is 8.81. The van der Waals surface area contributed by atoms with Crippen molar-refractivity contribution in [2.24, 2.45) is 11.8 Å². The van der Waals surface area contributed by atoms with Crippen LogP contribution in [0.2, 0.25) is 0 Å². The Bertz CT molecular complexity index is 1770. The zero-order chi connectivity index (χ0) is 27.9. The molecule has 2 saturated heterocycles. The van der Waals surface area contributed by atoms with Crippen molar-refractivity contribution in [2.75, 3.05) is 10.2 Å². The van der Waals surface area contributed by atoms with Crippen molar-refractivity contribution in [3.8, 4) is 0 Å². The quantitative estimate of drug-likeness (QED) is 0.270. The zero-order valence-electron chi connectivity index (χ0n) is 22.4. The molecule has 0 radical (unpaired) electrons. The number of carbonyl (C=O) groups is 4. The van der Waals surface area contributed by atoms with Crippen molar-refractivity contribution < 1.29 is 19.2 Å². The number of hydrogen-bond acceptors (Lipinski definition) is 5. The Kier molecular flexibility index (Phi) is 5.18. The van der Waals surface area contributed by atoms with E-state index in [1.807, 2.05) is 56.4 Å². The van der Waals surface area contributed by atoms with E-state index >= 15 is 0 Å². The highest BCUT2D eigenvalue weighted by atomic mass is 16.2. The molecule has 4 aromatic rings. The summed E-state index contributed by atoms with van der Waals surface area (Å²) in [7, 11) is 0. The largest absolute Gasteiger partial charge is 0.361 e. The first-order valence-corrected chi connectivity index (χ1v) is 13.5. The minimum absolute atomic E-state index is 0.102. The molecule has 3 amide bonds. The second-order valence-corrected chi connectivity index (χ2v) is 11.2. The molecule has 7 rings (SSSR count). The number of rotatable bonds is 4. The number of amides is 3. The number of hydrogen-bond donors (Lipinski definition) is 3. The summed E-state index contributed by atoms with van der Waals surface area (Å²) in [5.41, 5.74) is 4.79. The number of aromatic amines is 1. The number of imide groups is 1. The smallest absolute Gasteiger partial charge is 0.250 e. The van der Waals surface area contributed by atoms with Crippen molar-refractivity contribution in [3.63, 3.8) is 0 Å². The molecule has 3 aromatic carbocycles. The molecule has 0 saturated carbocycles. The molecule has 1 aromatic heterocycles. The van der Waals surface area contributed by atoms with Gasteiger partial charge in [-0.25, -0.2) is 4.90 Å². The fraction of sp³-hybridized carbons (Fsp3) is 0.250. The summed E-state index contributed by atoms with van der Waals surface area (Å²) in [6.45, 7) is 5.37. The Morgan fingerprint density at radius 3 is 2.48 bits per heavy atom. The fourth-order valence-electron chi connectivity index (χ4n) is 7.07. The Labute approximate surface area is 230 Å². The minimum Gasteiger partial charge on any atom is -0.361 e. The molecule has 40 heavy (non-hydrogen) atoms. The molecule has 3 aliphatic heterocycles. The molecular formula is C32H28N4O4. The van der Waals surface area contributed by atoms with E-state index in [-0.39, 0.29) is 17.6 Å². The zero-order valence-corrected chi connectivity index (χ0v) is 22.4. The van der Waals surface area contributed by atoms with Crippen LogP contribution in [0, 0.1) is 25.7 Å². The van der Waals surface area contributed by atoms with E-state index in [0.717, 1.165) is 27.6 Å². The molecular weight excluding hydrogens is 504 g/mol. The lowest BCUT2D eigenvalue weighted by atomic mass is 9.75. The molecule has 0 aliphatic carbocycles. The van der Waals surface area contributed by atoms with Crippen molar-refractivity contribution >= 4 is 45.8 Å². The van der Waals surface area contributed by atoms with Crippen LogP contribution in [0.1, 0.15) is 39.5 Å². The average Bonchev–Trinajstić information content (AvgIpc) is 3.64. The first-order chi connectivity index (χ1) is 19.2. The first kappa shape index (κ1) is 24.5. The monoisotopic (exact) mass is 532 g/mol. The van der Waals surface area contributed by atoms with Crippen LogP contribution in [0.3, 0.4) is 0 Å². The number of anilines is 2. The Morgan fingerprint density at radius 2 is 1.73 bits per heavy atom. The molecule has 4 atom stereocenters. The summed E-state index contributed by atoms with van der Waals surface area (Å²) in [6, 6.07) is 17.9. The first-order valence-electron chi connectivity index (χ1n) is 13.5. The number of Topliss-reactive ketones (excluding diaryl/α,β-unsaturated/α-hetero) is 1. The molecule has 4 heterocycles. The number of aryl methyl sites for hydroxylation is 2.